The van der Waals surface area contributed by atoms with Gasteiger partial charge in [0, 0.05) is 11.6 Å². The Labute approximate surface area is 133 Å². The summed E-state index contributed by atoms with van der Waals surface area (Å²) in [5.41, 5.74) is -6.26. The van der Waals surface area contributed by atoms with Crippen molar-refractivity contribution < 1.29 is 31.1 Å². The van der Waals surface area contributed by atoms with Gasteiger partial charge < -0.3 is 5.32 Å². The normalized spacial score (nSPS) is 12.1. The smallest absolute Gasteiger partial charge is 0.308 e. The summed E-state index contributed by atoms with van der Waals surface area (Å²) in [5.74, 6) is -1.87. The molecule has 25 heavy (non-hydrogen) atoms. The highest BCUT2D eigenvalue weighted by molar-refractivity contribution is 6.04. The number of aromatic nitrogens is 2. The molecule has 3 N–H and O–H groups in total. The van der Waals surface area contributed by atoms with Gasteiger partial charge in [-0.25, -0.2) is 4.79 Å². The zero-order valence-corrected chi connectivity index (χ0v) is 11.8. The Morgan fingerprint density at radius 1 is 0.840 bits per heavy atom. The number of alkyl halides is 6. The van der Waals surface area contributed by atoms with Crippen LogP contribution in [0.4, 0.5) is 32.2 Å². The Balaban J connectivity index is 2.48. The van der Waals surface area contributed by atoms with Crippen LogP contribution in [0.5, 0.6) is 0 Å². The van der Waals surface area contributed by atoms with Crippen molar-refractivity contribution in [2.24, 2.45) is 0 Å². The first-order chi connectivity index (χ1) is 11.4. The predicted molar refractivity (Wildman–Crippen MR) is 72.1 cm³/mol. The fourth-order valence-electron chi connectivity index (χ4n) is 1.82. The number of nitrogens with one attached hydrogen (secondary N) is 3. The summed E-state index contributed by atoms with van der Waals surface area (Å²) in [5, 5.41) is 1.85. The summed E-state index contributed by atoms with van der Waals surface area (Å²) in [7, 11) is 0. The number of carbonyl (C=O) groups is 1. The highest BCUT2D eigenvalue weighted by Gasteiger charge is 2.37. The monoisotopic (exact) mass is 367 g/mol. The maximum Gasteiger partial charge on any atom is 0.416 e. The van der Waals surface area contributed by atoms with Gasteiger partial charge in [-0.3, -0.25) is 19.6 Å². The Hall–Kier alpha value is -3.05. The molecule has 1 aromatic heterocycles. The number of anilines is 1. The predicted octanol–water partition coefficient (Wildman–Crippen LogP) is 2.35. The zero-order valence-electron chi connectivity index (χ0n) is 11.8. The summed E-state index contributed by atoms with van der Waals surface area (Å²) < 4.78 is 76.4. The topological polar surface area (TPSA) is 94.8 Å². The van der Waals surface area contributed by atoms with Crippen LogP contribution in [0.2, 0.25) is 0 Å². The number of halogens is 6. The molecule has 0 aliphatic rings. The van der Waals surface area contributed by atoms with Gasteiger partial charge in [0.05, 0.1) is 11.1 Å². The molecule has 0 saturated carbocycles. The van der Waals surface area contributed by atoms with Gasteiger partial charge in [0.15, 0.2) is 0 Å². The lowest BCUT2D eigenvalue weighted by atomic mass is 10.0. The Morgan fingerprint density at radius 2 is 1.36 bits per heavy atom. The zero-order chi connectivity index (χ0) is 19.0. The number of hydrogen-bond donors (Lipinski definition) is 3. The number of carbonyl (C=O) groups excluding carboxylic acids is 1. The van der Waals surface area contributed by atoms with Crippen molar-refractivity contribution in [2.75, 3.05) is 5.32 Å². The highest BCUT2D eigenvalue weighted by atomic mass is 19.4. The molecule has 0 unspecified atom stereocenters. The maximum atomic E-state index is 12.7. The van der Waals surface area contributed by atoms with E-state index in [9.17, 15) is 40.7 Å². The third kappa shape index (κ3) is 4.49. The van der Waals surface area contributed by atoms with Crippen LogP contribution in [0.3, 0.4) is 0 Å². The van der Waals surface area contributed by atoms with E-state index in [0.29, 0.717) is 6.07 Å². The lowest BCUT2D eigenvalue weighted by Crippen LogP contribution is -2.25. The number of H-pyrrole nitrogens is 2. The van der Waals surface area contributed by atoms with Crippen molar-refractivity contribution in [1.29, 1.82) is 0 Å². The number of hydrogen-bond acceptors (Lipinski definition) is 3. The van der Waals surface area contributed by atoms with Crippen molar-refractivity contribution in [1.82, 2.24) is 9.97 Å². The summed E-state index contributed by atoms with van der Waals surface area (Å²) >= 11 is 0. The quantitative estimate of drug-likeness (QED) is 0.711. The largest absolute Gasteiger partial charge is 0.416 e. The fourth-order valence-corrected chi connectivity index (χ4v) is 1.82. The van der Waals surface area contributed by atoms with Crippen LogP contribution in [0.1, 0.15) is 21.5 Å². The summed E-state index contributed by atoms with van der Waals surface area (Å²) in [6, 6.07) is 0.995. The highest BCUT2D eigenvalue weighted by Crippen LogP contribution is 2.36. The van der Waals surface area contributed by atoms with Crippen molar-refractivity contribution in [3.8, 4) is 0 Å². The second kappa shape index (κ2) is 6.11. The third-order valence-electron chi connectivity index (χ3n) is 2.86. The van der Waals surface area contributed by atoms with Gasteiger partial charge in [0.25, 0.3) is 11.5 Å². The van der Waals surface area contributed by atoms with Crippen LogP contribution >= 0.6 is 0 Å². The Bertz CT molecular complexity index is 866. The van der Waals surface area contributed by atoms with E-state index in [1.807, 2.05) is 10.3 Å². The second-order valence-electron chi connectivity index (χ2n) is 4.75. The molecule has 1 amide bonds. The van der Waals surface area contributed by atoms with Gasteiger partial charge >= 0.3 is 18.0 Å². The van der Waals surface area contributed by atoms with Gasteiger partial charge in [-0.1, -0.05) is 0 Å². The van der Waals surface area contributed by atoms with Crippen molar-refractivity contribution in [3.05, 3.63) is 61.8 Å². The van der Waals surface area contributed by atoms with E-state index >= 15 is 0 Å². The van der Waals surface area contributed by atoms with Gasteiger partial charge in [-0.2, -0.15) is 26.3 Å². The molecule has 0 bridgehead atoms. The molecule has 0 radical (unpaired) electrons. The number of rotatable bonds is 2. The van der Waals surface area contributed by atoms with E-state index in [0.717, 1.165) is 0 Å². The van der Waals surface area contributed by atoms with E-state index in [-0.39, 0.29) is 18.2 Å². The van der Waals surface area contributed by atoms with Gasteiger partial charge in [-0.15, -0.1) is 0 Å². The van der Waals surface area contributed by atoms with Gasteiger partial charge in [-0.05, 0) is 18.2 Å². The van der Waals surface area contributed by atoms with Crippen LogP contribution in [-0.4, -0.2) is 15.9 Å². The molecule has 1 aromatic carbocycles. The Morgan fingerprint density at radius 3 is 1.80 bits per heavy atom. The molecule has 1 heterocycles. The first-order valence-electron chi connectivity index (χ1n) is 6.31. The molecule has 0 saturated heterocycles. The van der Waals surface area contributed by atoms with Crippen LogP contribution in [0, 0.1) is 0 Å². The minimum atomic E-state index is -5.12. The third-order valence-corrected chi connectivity index (χ3v) is 2.86. The number of amides is 1. The lowest BCUT2D eigenvalue weighted by molar-refractivity contribution is -0.143. The molecule has 12 heteroatoms. The number of aromatic amines is 2. The van der Waals surface area contributed by atoms with E-state index in [1.54, 1.807) is 4.98 Å². The van der Waals surface area contributed by atoms with Crippen LogP contribution in [0.15, 0.2) is 33.9 Å². The number of benzene rings is 1. The van der Waals surface area contributed by atoms with E-state index in [1.165, 1.54) is 0 Å². The van der Waals surface area contributed by atoms with Crippen LogP contribution in [-0.2, 0) is 12.4 Å². The molecule has 2 aromatic rings. The average Bonchev–Trinajstić information content (AvgIpc) is 2.43. The molecular formula is C13H7F6N3O3. The first kappa shape index (κ1) is 18.3. The van der Waals surface area contributed by atoms with E-state index in [2.05, 4.69) is 0 Å². The molecule has 0 fully saturated rings. The van der Waals surface area contributed by atoms with Crippen LogP contribution < -0.4 is 16.6 Å². The van der Waals surface area contributed by atoms with Gasteiger partial charge in [0.2, 0.25) is 0 Å². The maximum absolute atomic E-state index is 12.7. The molecule has 0 aliphatic heterocycles. The summed E-state index contributed by atoms with van der Waals surface area (Å²) in [6.07, 6.45) is -10.2. The minimum absolute atomic E-state index is 0.133. The lowest BCUT2D eigenvalue weighted by Gasteiger charge is -2.14. The summed E-state index contributed by atoms with van der Waals surface area (Å²) in [4.78, 5) is 37.7. The molecule has 6 nitrogen and oxygen atoms in total. The molecule has 134 valence electrons. The molecule has 0 aliphatic carbocycles. The molecule has 0 spiro atoms. The minimum Gasteiger partial charge on any atom is -0.308 e. The van der Waals surface area contributed by atoms with E-state index in [4.69, 9.17) is 0 Å². The Kier molecular flexibility index (Phi) is 4.47. The molecule has 0 atom stereocenters. The van der Waals surface area contributed by atoms with Gasteiger partial charge in [0.1, 0.15) is 5.82 Å². The fraction of sp³-hybridized carbons (Fsp3) is 0.154. The SMILES string of the molecule is O=C(Nc1cc(=O)[nH]c(=O)[nH]1)c1cc(C(F)(F)F)cc(C(F)(F)F)c1. The summed E-state index contributed by atoms with van der Waals surface area (Å²) in [6.45, 7) is 0. The van der Waals surface area contributed by atoms with E-state index < -0.39 is 52.0 Å². The standard InChI is InChI=1S/C13H7F6N3O3/c14-12(15,16)6-1-5(2-7(3-6)13(17,18)19)10(24)20-8-4-9(23)22-11(25)21-8/h1-4H,(H3,20,21,22,23,24,25). The van der Waals surface area contributed by atoms with Crippen molar-refractivity contribution in [2.45, 2.75) is 12.4 Å². The molecule has 2 rings (SSSR count). The molecular weight excluding hydrogens is 360 g/mol. The second-order valence-corrected chi connectivity index (χ2v) is 4.75. The van der Waals surface area contributed by atoms with Crippen molar-refractivity contribution in [3.63, 3.8) is 0 Å². The first-order valence-corrected chi connectivity index (χ1v) is 6.31. The average molecular weight is 367 g/mol. The van der Waals surface area contributed by atoms with Crippen LogP contribution in [0.25, 0.3) is 0 Å². The van der Waals surface area contributed by atoms with Crippen molar-refractivity contribution >= 4 is 11.7 Å².